The number of ether oxygens (including phenoxy) is 1. The van der Waals surface area contributed by atoms with Gasteiger partial charge in [-0.05, 0) is 6.42 Å². The van der Waals surface area contributed by atoms with E-state index < -0.39 is 0 Å². The highest BCUT2D eigenvalue weighted by atomic mass is 16.5. The topological polar surface area (TPSA) is 67.4 Å². The van der Waals surface area contributed by atoms with Crippen molar-refractivity contribution in [2.75, 3.05) is 26.8 Å². The van der Waals surface area contributed by atoms with Crippen molar-refractivity contribution in [3.8, 4) is 0 Å². The lowest BCUT2D eigenvalue weighted by Crippen LogP contribution is -2.29. The van der Waals surface area contributed by atoms with Gasteiger partial charge >= 0.3 is 0 Å². The average Bonchev–Trinajstić information content (AvgIpc) is 2.24. The summed E-state index contributed by atoms with van der Waals surface area (Å²) in [7, 11) is 1.57. The molecule has 0 saturated heterocycles. The minimum atomic E-state index is -0.0741. The molecule has 2 N–H and O–H groups in total. The molecule has 15 heavy (non-hydrogen) atoms. The largest absolute Gasteiger partial charge is 0.381 e. The van der Waals surface area contributed by atoms with Gasteiger partial charge in [0.1, 0.15) is 0 Å². The van der Waals surface area contributed by atoms with Gasteiger partial charge in [0, 0.05) is 34.5 Å². The zero-order valence-corrected chi connectivity index (χ0v) is 9.47. The number of amides is 2. The van der Waals surface area contributed by atoms with Crippen molar-refractivity contribution in [2.45, 2.75) is 26.2 Å². The van der Waals surface area contributed by atoms with Crippen molar-refractivity contribution in [1.29, 1.82) is 0 Å². The van der Waals surface area contributed by atoms with Crippen LogP contribution in [0.3, 0.4) is 0 Å². The fraction of sp³-hybridized carbons (Fsp3) is 0.800. The van der Waals surface area contributed by atoms with Gasteiger partial charge in [-0.3, -0.25) is 9.59 Å². The Bertz CT molecular complexity index is 201. The summed E-state index contributed by atoms with van der Waals surface area (Å²) >= 11 is 0. The first-order valence-electron chi connectivity index (χ1n) is 5.25. The van der Waals surface area contributed by atoms with E-state index in [4.69, 9.17) is 4.74 Å². The van der Waals surface area contributed by atoms with Crippen LogP contribution >= 0.6 is 0 Å². The Morgan fingerprint density at radius 2 is 1.93 bits per heavy atom. The minimum Gasteiger partial charge on any atom is -0.381 e. The monoisotopic (exact) mass is 218 g/mol. The molecule has 0 radical (unpaired) electrons. The molecular weight excluding hydrogens is 196 g/mol. The Hall–Kier alpha value is -1.10. The number of rotatable bonds is 8. The molecule has 0 heterocycles. The maximum absolute atomic E-state index is 11.2. The molecular formula is C10H22N2O3. The molecule has 2 amide bonds. The summed E-state index contributed by atoms with van der Waals surface area (Å²) in [6.45, 7) is 3.53. The van der Waals surface area contributed by atoms with Crippen molar-refractivity contribution in [2.24, 2.45) is 0 Å². The van der Waals surface area contributed by atoms with Gasteiger partial charge in [-0.25, -0.2) is 0 Å². The van der Waals surface area contributed by atoms with Crippen LogP contribution in [0.15, 0.2) is 0 Å². The second kappa shape index (κ2) is 9.45. The maximum Gasteiger partial charge on any atom is 0.222 e. The Labute approximate surface area is 92.0 Å². The molecule has 0 spiro atoms. The molecule has 0 aliphatic heterocycles. The van der Waals surface area contributed by atoms with E-state index in [1.165, 1.54) is 0 Å². The van der Waals surface area contributed by atoms with Crippen molar-refractivity contribution in [1.82, 2.24) is 10.6 Å². The van der Waals surface area contributed by atoms with E-state index in [0.29, 0.717) is 32.6 Å². The smallest absolute Gasteiger partial charge is 0.222 e. The fourth-order valence-electron chi connectivity index (χ4n) is 0.940. The van der Waals surface area contributed by atoms with Crippen LogP contribution in [0.2, 0.25) is 0 Å². The van der Waals surface area contributed by atoms with Crippen LogP contribution in [0.5, 0.6) is 0 Å². The van der Waals surface area contributed by atoms with Crippen LogP contribution < -0.4 is 10.6 Å². The molecule has 0 aromatic heterocycles. The van der Waals surface area contributed by atoms with Gasteiger partial charge in [-0.1, -0.05) is 6.92 Å². The van der Waals surface area contributed by atoms with Gasteiger partial charge in [0.25, 0.3) is 0 Å². The van der Waals surface area contributed by atoms with E-state index in [2.05, 4.69) is 10.6 Å². The molecule has 0 aromatic carbocycles. The van der Waals surface area contributed by atoms with Crippen LogP contribution in [0.4, 0.5) is 0 Å². The number of hydrogen-bond acceptors (Lipinski definition) is 3. The summed E-state index contributed by atoms with van der Waals surface area (Å²) in [6, 6.07) is 0. The normalized spacial score (nSPS) is 9.73. The summed E-state index contributed by atoms with van der Waals surface area (Å²) in [5, 5.41) is 5.13. The highest BCUT2D eigenvalue weighted by Crippen LogP contribution is 1.86. The number of hydrogen-bond donors (Lipinski definition) is 2. The Morgan fingerprint density at radius 3 is 2.53 bits per heavy atom. The summed E-state index contributed by atoms with van der Waals surface area (Å²) in [6.07, 6.45) is 1.63. The number of carbonyl (C=O) groups excluding carboxylic acids is 2. The third-order valence-electron chi connectivity index (χ3n) is 1.77. The van der Waals surface area contributed by atoms with Crippen LogP contribution in [-0.4, -0.2) is 38.6 Å². The van der Waals surface area contributed by atoms with Crippen LogP contribution in [0, 0.1) is 0 Å². The summed E-state index contributed by atoms with van der Waals surface area (Å²) in [5.74, 6) is -0.146. The molecule has 0 bridgehead atoms. The third-order valence-corrected chi connectivity index (χ3v) is 1.77. The molecule has 5 heteroatoms. The quantitative estimate of drug-likeness (QED) is 0.576. The maximum atomic E-state index is 11.2. The zero-order chi connectivity index (χ0) is 11.5. The summed E-state index contributed by atoms with van der Waals surface area (Å²) in [5.41, 5.74) is 0. The SMILES string of the molecule is CCCOCCC(=O)NCCC(=O)NC.[HH]. The first-order chi connectivity index (χ1) is 7.20. The van der Waals surface area contributed by atoms with Gasteiger partial charge in [-0.2, -0.15) is 0 Å². The number of nitrogens with one attached hydrogen (secondary N) is 2. The van der Waals surface area contributed by atoms with Gasteiger partial charge in [0.2, 0.25) is 11.8 Å². The molecule has 0 aliphatic carbocycles. The molecule has 90 valence electrons. The highest BCUT2D eigenvalue weighted by molar-refractivity contribution is 5.78. The van der Waals surface area contributed by atoms with E-state index in [1.54, 1.807) is 7.05 Å². The predicted octanol–water partition coefficient (Wildman–Crippen LogP) is 0.301. The first-order valence-corrected chi connectivity index (χ1v) is 5.25. The minimum absolute atomic E-state index is 0. The Morgan fingerprint density at radius 1 is 1.20 bits per heavy atom. The molecule has 5 nitrogen and oxygen atoms in total. The molecule has 0 unspecified atom stereocenters. The van der Waals surface area contributed by atoms with E-state index >= 15 is 0 Å². The van der Waals surface area contributed by atoms with Gasteiger partial charge in [0.05, 0.1) is 6.61 Å². The molecule has 0 rings (SSSR count). The first kappa shape index (κ1) is 13.9. The molecule has 0 fully saturated rings. The van der Waals surface area contributed by atoms with Gasteiger partial charge < -0.3 is 15.4 Å². The molecule has 0 saturated carbocycles. The predicted molar refractivity (Wildman–Crippen MR) is 59.5 cm³/mol. The van der Waals surface area contributed by atoms with Crippen LogP contribution in [0.25, 0.3) is 0 Å². The van der Waals surface area contributed by atoms with Crippen molar-refractivity contribution in [3.63, 3.8) is 0 Å². The van der Waals surface area contributed by atoms with Crippen molar-refractivity contribution < 1.29 is 15.8 Å². The lowest BCUT2D eigenvalue weighted by atomic mass is 10.3. The van der Waals surface area contributed by atoms with E-state index in [9.17, 15) is 9.59 Å². The van der Waals surface area contributed by atoms with Gasteiger partial charge in [0.15, 0.2) is 0 Å². The third kappa shape index (κ3) is 9.21. The van der Waals surface area contributed by atoms with Crippen LogP contribution in [-0.2, 0) is 14.3 Å². The second-order valence-electron chi connectivity index (χ2n) is 3.14. The summed E-state index contributed by atoms with van der Waals surface area (Å²) in [4.78, 5) is 22.0. The molecule has 0 aliphatic rings. The second-order valence-corrected chi connectivity index (χ2v) is 3.14. The van der Waals surface area contributed by atoms with Crippen molar-refractivity contribution >= 4 is 11.8 Å². The van der Waals surface area contributed by atoms with Gasteiger partial charge in [-0.15, -0.1) is 0 Å². The summed E-state index contributed by atoms with van der Waals surface area (Å²) < 4.78 is 5.16. The van der Waals surface area contributed by atoms with E-state index in [-0.39, 0.29) is 13.2 Å². The lowest BCUT2D eigenvalue weighted by Gasteiger charge is -2.04. The highest BCUT2D eigenvalue weighted by Gasteiger charge is 2.02. The van der Waals surface area contributed by atoms with E-state index in [0.717, 1.165) is 6.42 Å². The Kier molecular flexibility index (Phi) is 8.76. The van der Waals surface area contributed by atoms with E-state index in [1.807, 2.05) is 6.92 Å². The average molecular weight is 218 g/mol. The fourth-order valence-corrected chi connectivity index (χ4v) is 0.940. The van der Waals surface area contributed by atoms with Crippen molar-refractivity contribution in [3.05, 3.63) is 0 Å². The zero-order valence-electron chi connectivity index (χ0n) is 9.47. The number of carbonyl (C=O) groups is 2. The molecule has 0 aromatic rings. The standard InChI is InChI=1S/C10H20N2O3.H2/c1-3-7-15-8-5-10(14)12-6-4-9(13)11-2;/h3-8H2,1-2H3,(H,11,13)(H,12,14);1H. The molecule has 0 atom stereocenters. The Balaban J connectivity index is 0. The lowest BCUT2D eigenvalue weighted by molar-refractivity contribution is -0.122. The van der Waals surface area contributed by atoms with Crippen LogP contribution in [0.1, 0.15) is 27.6 Å².